The van der Waals surface area contributed by atoms with E-state index in [1.165, 1.54) is 30.6 Å². The summed E-state index contributed by atoms with van der Waals surface area (Å²) in [5.74, 6) is -0.559. The fraction of sp³-hybridized carbons (Fsp3) is 0.318. The van der Waals surface area contributed by atoms with E-state index in [1.54, 1.807) is 41.8 Å². The van der Waals surface area contributed by atoms with Gasteiger partial charge in [0.25, 0.3) is 0 Å². The Morgan fingerprint density at radius 3 is 2.55 bits per heavy atom. The van der Waals surface area contributed by atoms with E-state index in [-0.39, 0.29) is 36.6 Å². The van der Waals surface area contributed by atoms with E-state index in [4.69, 9.17) is 21.1 Å². The van der Waals surface area contributed by atoms with Crippen LogP contribution in [0.3, 0.4) is 0 Å². The van der Waals surface area contributed by atoms with Gasteiger partial charge in [0, 0.05) is 11.4 Å². The number of rotatable bonds is 9. The van der Waals surface area contributed by atoms with E-state index >= 15 is 0 Å². The predicted octanol–water partition coefficient (Wildman–Crippen LogP) is 3.61. The van der Waals surface area contributed by atoms with Crippen LogP contribution in [-0.2, 0) is 30.7 Å². The van der Waals surface area contributed by atoms with E-state index in [9.17, 15) is 18.0 Å². The van der Waals surface area contributed by atoms with Crippen molar-refractivity contribution in [2.75, 3.05) is 19.5 Å². The van der Waals surface area contributed by atoms with E-state index in [2.05, 4.69) is 4.99 Å². The lowest BCUT2D eigenvalue weighted by atomic mass is 10.3. The number of aromatic nitrogens is 1. The number of halogens is 1. The summed E-state index contributed by atoms with van der Waals surface area (Å²) in [6.45, 7) is 1.84. The van der Waals surface area contributed by atoms with Crippen LogP contribution >= 0.6 is 22.9 Å². The molecule has 0 aliphatic heterocycles. The topological polar surface area (TPSA) is 104 Å². The second-order valence-electron chi connectivity index (χ2n) is 6.99. The van der Waals surface area contributed by atoms with Crippen LogP contribution in [-0.4, -0.2) is 44.3 Å². The summed E-state index contributed by atoms with van der Waals surface area (Å²) in [6, 6.07) is 11.3. The molecule has 0 aliphatic rings. The summed E-state index contributed by atoms with van der Waals surface area (Å²) in [5.41, 5.74) is 0.700. The summed E-state index contributed by atoms with van der Waals surface area (Å²) in [5, 5.41) is 0.522. The number of carbonyl (C=O) groups is 2. The molecule has 3 aromatic rings. The fourth-order valence-corrected chi connectivity index (χ4v) is 5.73. The summed E-state index contributed by atoms with van der Waals surface area (Å²) < 4.78 is 37.4. The summed E-state index contributed by atoms with van der Waals surface area (Å²) in [4.78, 5) is 29.2. The van der Waals surface area contributed by atoms with Crippen LogP contribution in [0, 0.1) is 0 Å². The zero-order chi connectivity index (χ0) is 24.0. The maximum atomic E-state index is 12.5. The van der Waals surface area contributed by atoms with Gasteiger partial charge in [-0.1, -0.05) is 22.9 Å². The number of methoxy groups -OCH3 is 1. The van der Waals surface area contributed by atoms with Gasteiger partial charge in [0.15, 0.2) is 14.6 Å². The Balaban J connectivity index is 1.76. The van der Waals surface area contributed by atoms with Crippen molar-refractivity contribution in [3.05, 3.63) is 52.3 Å². The van der Waals surface area contributed by atoms with Crippen LogP contribution in [0.1, 0.15) is 19.8 Å². The summed E-state index contributed by atoms with van der Waals surface area (Å²) >= 11 is 7.28. The Hall–Kier alpha value is -2.69. The highest BCUT2D eigenvalue weighted by atomic mass is 35.5. The molecular formula is C22H23ClN2O6S2. The Morgan fingerprint density at radius 2 is 1.88 bits per heavy atom. The largest absolute Gasteiger partial charge is 0.497 e. The molecule has 0 spiro atoms. The zero-order valence-corrected chi connectivity index (χ0v) is 20.5. The molecule has 0 saturated carbocycles. The van der Waals surface area contributed by atoms with Crippen molar-refractivity contribution in [1.82, 2.24) is 4.57 Å². The molecule has 33 heavy (non-hydrogen) atoms. The minimum atomic E-state index is -3.54. The number of carbonyl (C=O) groups excluding carboxylic acids is 2. The first-order chi connectivity index (χ1) is 15.7. The van der Waals surface area contributed by atoms with E-state index < -0.39 is 21.7 Å². The van der Waals surface area contributed by atoms with Gasteiger partial charge in [-0.2, -0.15) is 4.99 Å². The van der Waals surface area contributed by atoms with Crippen molar-refractivity contribution < 1.29 is 27.5 Å². The maximum Gasteiger partial charge on any atom is 0.326 e. The number of amides is 1. The lowest BCUT2D eigenvalue weighted by Gasteiger charge is -2.06. The molecule has 8 nitrogen and oxygen atoms in total. The van der Waals surface area contributed by atoms with Crippen molar-refractivity contribution >= 4 is 54.9 Å². The smallest absolute Gasteiger partial charge is 0.326 e. The molecule has 1 heterocycles. The third-order valence-corrected chi connectivity index (χ3v) is 7.77. The van der Waals surface area contributed by atoms with Crippen LogP contribution in [0.15, 0.2) is 52.4 Å². The van der Waals surface area contributed by atoms with Crippen LogP contribution in [0.25, 0.3) is 10.2 Å². The minimum Gasteiger partial charge on any atom is -0.497 e. The fourth-order valence-electron chi connectivity index (χ4n) is 3.10. The van der Waals surface area contributed by atoms with Gasteiger partial charge in [-0.25, -0.2) is 8.42 Å². The average Bonchev–Trinajstić information content (AvgIpc) is 3.09. The van der Waals surface area contributed by atoms with E-state index in [0.29, 0.717) is 21.1 Å². The molecule has 0 aliphatic carbocycles. The van der Waals surface area contributed by atoms with Gasteiger partial charge >= 0.3 is 5.97 Å². The molecule has 0 radical (unpaired) electrons. The second kappa shape index (κ2) is 11.0. The zero-order valence-electron chi connectivity index (χ0n) is 18.1. The molecule has 0 unspecified atom stereocenters. The average molecular weight is 511 g/mol. The maximum absolute atomic E-state index is 12.5. The van der Waals surface area contributed by atoms with Gasteiger partial charge in [0.2, 0.25) is 5.91 Å². The van der Waals surface area contributed by atoms with Crippen molar-refractivity contribution in [2.24, 2.45) is 4.99 Å². The van der Waals surface area contributed by atoms with E-state index in [1.807, 2.05) is 0 Å². The van der Waals surface area contributed by atoms with Crippen LogP contribution in [0.2, 0.25) is 5.02 Å². The first-order valence-electron chi connectivity index (χ1n) is 10.1. The molecule has 1 amide bonds. The molecule has 0 saturated heterocycles. The lowest BCUT2D eigenvalue weighted by molar-refractivity contribution is -0.143. The van der Waals surface area contributed by atoms with Gasteiger partial charge in [-0.15, -0.1) is 0 Å². The van der Waals surface area contributed by atoms with Crippen LogP contribution < -0.4 is 9.54 Å². The molecule has 11 heteroatoms. The quantitative estimate of drug-likeness (QED) is 0.407. The number of hydrogen-bond donors (Lipinski definition) is 0. The van der Waals surface area contributed by atoms with E-state index in [0.717, 1.165) is 4.70 Å². The number of nitrogens with zero attached hydrogens (tertiary/aromatic N) is 2. The molecule has 0 bridgehead atoms. The normalized spacial score (nSPS) is 12.2. The molecule has 0 fully saturated rings. The third-order valence-electron chi connectivity index (χ3n) is 4.68. The standard InChI is InChI=1S/C22H23ClN2O6S2/c1-3-31-21(27)14-25-18-11-6-15(23)13-19(18)32-22(25)24-20(26)5-4-12-33(28,29)17-9-7-16(30-2)8-10-17/h6-11,13H,3-5,12,14H2,1-2H3. The molecule has 1 aromatic heterocycles. The molecule has 0 atom stereocenters. The van der Waals surface area contributed by atoms with Crippen molar-refractivity contribution in [1.29, 1.82) is 0 Å². The van der Waals surface area contributed by atoms with Gasteiger partial charge in [0.05, 0.1) is 34.6 Å². The molecular weight excluding hydrogens is 488 g/mol. The van der Waals surface area contributed by atoms with Crippen molar-refractivity contribution in [3.8, 4) is 5.75 Å². The molecule has 176 valence electrons. The highest BCUT2D eigenvalue weighted by molar-refractivity contribution is 7.91. The van der Waals surface area contributed by atoms with Crippen LogP contribution in [0.5, 0.6) is 5.75 Å². The molecule has 3 rings (SSSR count). The molecule has 0 N–H and O–H groups in total. The van der Waals surface area contributed by atoms with Gasteiger partial charge in [0.1, 0.15) is 12.3 Å². The van der Waals surface area contributed by atoms with Gasteiger partial charge < -0.3 is 14.0 Å². The Kier molecular flexibility index (Phi) is 8.28. The Labute approximate surface area is 200 Å². The van der Waals surface area contributed by atoms with Crippen LogP contribution in [0.4, 0.5) is 0 Å². The van der Waals surface area contributed by atoms with Crippen molar-refractivity contribution in [3.63, 3.8) is 0 Å². The Bertz CT molecular complexity index is 1330. The monoisotopic (exact) mass is 510 g/mol. The van der Waals surface area contributed by atoms with Gasteiger partial charge in [-0.3, -0.25) is 9.59 Å². The van der Waals surface area contributed by atoms with Gasteiger partial charge in [-0.05, 0) is 55.8 Å². The number of thiazole rings is 1. The third kappa shape index (κ3) is 6.43. The summed E-state index contributed by atoms with van der Waals surface area (Å²) in [7, 11) is -2.04. The first-order valence-corrected chi connectivity index (χ1v) is 13.0. The number of benzene rings is 2. The number of fused-ring (bicyclic) bond motifs is 1. The first kappa shape index (κ1) is 24.9. The lowest BCUT2D eigenvalue weighted by Crippen LogP contribution is -2.23. The number of esters is 1. The predicted molar refractivity (Wildman–Crippen MR) is 126 cm³/mol. The minimum absolute atomic E-state index is 0.0518. The second-order valence-corrected chi connectivity index (χ2v) is 10.5. The Morgan fingerprint density at radius 1 is 1.15 bits per heavy atom. The SMILES string of the molecule is CCOC(=O)Cn1c(=NC(=O)CCCS(=O)(=O)c2ccc(OC)cc2)sc2cc(Cl)ccc21. The number of hydrogen-bond acceptors (Lipinski definition) is 7. The van der Waals surface area contributed by atoms with Crippen molar-refractivity contribution in [2.45, 2.75) is 31.2 Å². The molecule has 2 aromatic carbocycles. The highest BCUT2D eigenvalue weighted by Gasteiger charge is 2.16. The summed E-state index contributed by atoms with van der Waals surface area (Å²) in [6.07, 6.45) is 0.0646. The number of sulfone groups is 1. The number of ether oxygens (including phenoxy) is 2. The highest BCUT2D eigenvalue weighted by Crippen LogP contribution is 2.22.